The van der Waals surface area contributed by atoms with E-state index in [-0.39, 0.29) is 24.8 Å². The van der Waals surface area contributed by atoms with Crippen LogP contribution in [0.15, 0.2) is 78.9 Å². The van der Waals surface area contributed by atoms with E-state index in [1.54, 1.807) is 43.3 Å². The second kappa shape index (κ2) is 16.4. The summed E-state index contributed by atoms with van der Waals surface area (Å²) in [7, 11) is 0. The van der Waals surface area contributed by atoms with Crippen LogP contribution in [0.2, 0.25) is 0 Å². The molecule has 2 heterocycles. The molecule has 1 atom stereocenters. The fourth-order valence-electron chi connectivity index (χ4n) is 5.86. The van der Waals surface area contributed by atoms with E-state index in [9.17, 15) is 14.4 Å². The second-order valence-electron chi connectivity index (χ2n) is 11.6. The summed E-state index contributed by atoms with van der Waals surface area (Å²) in [5.41, 5.74) is 2.80. The molecule has 10 nitrogen and oxygen atoms in total. The van der Waals surface area contributed by atoms with E-state index >= 15 is 0 Å². The first-order chi connectivity index (χ1) is 22.9. The van der Waals surface area contributed by atoms with Crippen molar-refractivity contribution in [3.63, 3.8) is 0 Å². The van der Waals surface area contributed by atoms with Gasteiger partial charge in [-0.05, 0) is 99.2 Å². The molecule has 2 amide bonds. The molecule has 0 aromatic heterocycles. The lowest BCUT2D eigenvalue weighted by atomic mass is 10.1. The van der Waals surface area contributed by atoms with Crippen molar-refractivity contribution in [2.45, 2.75) is 39.2 Å². The van der Waals surface area contributed by atoms with Crippen LogP contribution in [-0.2, 0) is 14.3 Å². The highest BCUT2D eigenvalue weighted by atomic mass is 32.1. The first-order valence-electron chi connectivity index (χ1n) is 16.3. The highest BCUT2D eigenvalue weighted by molar-refractivity contribution is 7.80. The van der Waals surface area contributed by atoms with Gasteiger partial charge in [0.15, 0.2) is 5.11 Å². The van der Waals surface area contributed by atoms with Gasteiger partial charge in [0.25, 0.3) is 5.91 Å². The number of esters is 1. The van der Waals surface area contributed by atoms with Crippen molar-refractivity contribution < 1.29 is 23.9 Å². The Morgan fingerprint density at radius 1 is 0.872 bits per heavy atom. The quantitative estimate of drug-likeness (QED) is 0.186. The number of nitrogens with one attached hydrogen (secondary N) is 1. The van der Waals surface area contributed by atoms with Crippen molar-refractivity contribution in [2.75, 3.05) is 67.6 Å². The zero-order valence-corrected chi connectivity index (χ0v) is 27.9. The zero-order valence-electron chi connectivity index (χ0n) is 27.1. The summed E-state index contributed by atoms with van der Waals surface area (Å²) in [6, 6.07) is 23.5. The number of rotatable bonds is 14. The lowest BCUT2D eigenvalue weighted by Crippen LogP contribution is -2.47. The average Bonchev–Trinajstić information content (AvgIpc) is 3.32. The van der Waals surface area contributed by atoms with E-state index in [1.807, 2.05) is 30.0 Å². The van der Waals surface area contributed by atoms with Gasteiger partial charge in [0.2, 0.25) is 5.91 Å². The van der Waals surface area contributed by atoms with Crippen LogP contribution in [0.3, 0.4) is 0 Å². The first kappa shape index (κ1) is 33.9. The first-order valence-corrected chi connectivity index (χ1v) is 16.8. The zero-order chi connectivity index (χ0) is 33.2. The second-order valence-corrected chi connectivity index (χ2v) is 11.9. The molecule has 5 rings (SSSR count). The number of ether oxygens (including phenoxy) is 2. The molecule has 3 aromatic carbocycles. The molecule has 0 spiro atoms. The van der Waals surface area contributed by atoms with Gasteiger partial charge in [-0.1, -0.05) is 25.1 Å². The third-order valence-electron chi connectivity index (χ3n) is 8.31. The van der Waals surface area contributed by atoms with Crippen LogP contribution in [0.5, 0.6) is 5.75 Å². The van der Waals surface area contributed by atoms with Crippen molar-refractivity contribution in [2.24, 2.45) is 0 Å². The van der Waals surface area contributed by atoms with Crippen LogP contribution in [0.25, 0.3) is 0 Å². The number of nitrogens with zero attached hydrogens (tertiary/aromatic N) is 4. The minimum atomic E-state index is -0.755. The molecular weight excluding hydrogens is 614 g/mol. The van der Waals surface area contributed by atoms with Gasteiger partial charge < -0.3 is 24.6 Å². The van der Waals surface area contributed by atoms with E-state index in [1.165, 1.54) is 10.6 Å². The van der Waals surface area contributed by atoms with Crippen LogP contribution in [-0.4, -0.2) is 91.2 Å². The molecular formula is C36H43N5O5S. The Morgan fingerprint density at radius 2 is 1.57 bits per heavy atom. The smallest absolute Gasteiger partial charge is 0.338 e. The minimum Gasteiger partial charge on any atom is -0.494 e. The van der Waals surface area contributed by atoms with Crippen molar-refractivity contribution in [1.29, 1.82) is 0 Å². The fourth-order valence-corrected chi connectivity index (χ4v) is 6.28. The number of carbonyl (C=O) groups is 3. The molecule has 2 fully saturated rings. The molecule has 1 N–H and O–H groups in total. The normalized spacial score (nSPS) is 16.8. The Morgan fingerprint density at radius 3 is 2.23 bits per heavy atom. The maximum atomic E-state index is 13.9. The van der Waals surface area contributed by atoms with Gasteiger partial charge in [-0.15, -0.1) is 0 Å². The van der Waals surface area contributed by atoms with Crippen LogP contribution in [0.1, 0.15) is 43.5 Å². The molecule has 2 saturated heterocycles. The van der Waals surface area contributed by atoms with Crippen molar-refractivity contribution in [3.05, 3.63) is 84.4 Å². The molecule has 0 unspecified atom stereocenters. The molecule has 11 heteroatoms. The summed E-state index contributed by atoms with van der Waals surface area (Å²) in [5.74, 6) is -0.248. The van der Waals surface area contributed by atoms with Crippen LogP contribution < -0.4 is 19.9 Å². The Kier molecular flexibility index (Phi) is 11.8. The van der Waals surface area contributed by atoms with Crippen molar-refractivity contribution >= 4 is 52.2 Å². The molecule has 47 heavy (non-hydrogen) atoms. The molecule has 3 aromatic rings. The monoisotopic (exact) mass is 657 g/mol. The standard InChI is InChI=1S/C36H43N5O5S/c1-3-25-46-31-17-13-28(14-18-31)37-33(42)26-32-34(43)41(30-15-11-27(12-16-30)35(44)45-4-2)36(47)40(32)20-8-19-38-21-23-39(24-22-38)29-9-6-5-7-10-29/h5-7,9-18,32H,3-4,8,19-26H2,1-2H3,(H,37,42)/t32-/m1/s1. The molecule has 0 bridgehead atoms. The topological polar surface area (TPSA) is 94.7 Å². The van der Waals surface area contributed by atoms with E-state index < -0.39 is 12.0 Å². The summed E-state index contributed by atoms with van der Waals surface area (Å²) in [4.78, 5) is 47.5. The van der Waals surface area contributed by atoms with E-state index in [4.69, 9.17) is 21.7 Å². The number of hydrogen-bond donors (Lipinski definition) is 1. The summed E-state index contributed by atoms with van der Waals surface area (Å²) in [6.45, 7) is 9.88. The molecule has 0 aliphatic carbocycles. The Labute approximate surface area is 282 Å². The van der Waals surface area contributed by atoms with Gasteiger partial charge in [0.05, 0.1) is 30.9 Å². The number of amides is 2. The third kappa shape index (κ3) is 8.66. The highest BCUT2D eigenvalue weighted by Crippen LogP contribution is 2.28. The summed E-state index contributed by atoms with van der Waals surface area (Å²) in [5, 5.41) is 3.27. The lowest BCUT2D eigenvalue weighted by Gasteiger charge is -2.36. The maximum absolute atomic E-state index is 13.9. The summed E-state index contributed by atoms with van der Waals surface area (Å²) < 4.78 is 10.7. The van der Waals surface area contributed by atoms with Gasteiger partial charge >= 0.3 is 5.97 Å². The predicted octanol–water partition coefficient (Wildman–Crippen LogP) is 5.20. The summed E-state index contributed by atoms with van der Waals surface area (Å²) >= 11 is 5.87. The number of anilines is 3. The number of hydrogen-bond acceptors (Lipinski definition) is 8. The molecule has 248 valence electrons. The number of benzene rings is 3. The van der Waals surface area contributed by atoms with E-state index in [2.05, 4.69) is 39.4 Å². The third-order valence-corrected chi connectivity index (χ3v) is 8.73. The highest BCUT2D eigenvalue weighted by Gasteiger charge is 2.44. The molecule has 2 aliphatic heterocycles. The van der Waals surface area contributed by atoms with Gasteiger partial charge in [0.1, 0.15) is 11.8 Å². The number of piperazine rings is 1. The number of carbonyl (C=O) groups excluding carboxylic acids is 3. The van der Waals surface area contributed by atoms with Crippen LogP contribution in [0, 0.1) is 0 Å². The minimum absolute atomic E-state index is 0.0553. The van der Waals surface area contributed by atoms with Crippen molar-refractivity contribution in [1.82, 2.24) is 9.80 Å². The Balaban J connectivity index is 1.24. The SMILES string of the molecule is CCCOc1ccc(NC(=O)C[C@@H]2C(=O)N(c3ccc(C(=O)OCC)cc3)C(=S)N2CCCN2CCN(c3ccccc3)CC2)cc1. The van der Waals surface area contributed by atoms with Crippen LogP contribution in [0.4, 0.5) is 17.1 Å². The molecule has 0 saturated carbocycles. The molecule has 2 aliphatic rings. The maximum Gasteiger partial charge on any atom is 0.338 e. The van der Waals surface area contributed by atoms with Gasteiger partial charge in [-0.3, -0.25) is 19.4 Å². The predicted molar refractivity (Wildman–Crippen MR) is 188 cm³/mol. The van der Waals surface area contributed by atoms with E-state index in [0.29, 0.717) is 35.2 Å². The Hall–Kier alpha value is -4.48. The van der Waals surface area contributed by atoms with Gasteiger partial charge in [-0.25, -0.2) is 4.79 Å². The van der Waals surface area contributed by atoms with Gasteiger partial charge in [-0.2, -0.15) is 0 Å². The average molecular weight is 658 g/mol. The lowest BCUT2D eigenvalue weighted by molar-refractivity contribution is -0.124. The molecule has 0 radical (unpaired) electrons. The van der Waals surface area contributed by atoms with Gasteiger partial charge in [0, 0.05) is 44.1 Å². The van der Waals surface area contributed by atoms with E-state index in [0.717, 1.165) is 51.3 Å². The largest absolute Gasteiger partial charge is 0.494 e. The van der Waals surface area contributed by atoms with Crippen LogP contribution >= 0.6 is 12.2 Å². The fraction of sp³-hybridized carbons (Fsp3) is 0.389. The number of thiocarbonyl (C=S) groups is 1. The van der Waals surface area contributed by atoms with Crippen molar-refractivity contribution in [3.8, 4) is 5.75 Å². The summed E-state index contributed by atoms with van der Waals surface area (Å²) in [6.07, 6.45) is 1.63. The Bertz CT molecular complexity index is 1510. The number of para-hydroxylation sites is 1.